The minimum Gasteiger partial charge on any atom is -0.507 e. The van der Waals surface area contributed by atoms with Crippen molar-refractivity contribution < 1.29 is 28.6 Å². The number of hydrogen-bond donors (Lipinski definition) is 1. The Balaban J connectivity index is 1.90. The summed E-state index contributed by atoms with van der Waals surface area (Å²) in [6.07, 6.45) is 0. The lowest BCUT2D eigenvalue weighted by Gasteiger charge is -2.24. The summed E-state index contributed by atoms with van der Waals surface area (Å²) in [5.41, 5.74) is 1.88. The van der Waals surface area contributed by atoms with Crippen LogP contribution in [-0.2, 0) is 16.1 Å². The van der Waals surface area contributed by atoms with Gasteiger partial charge in [0.1, 0.15) is 34.8 Å². The van der Waals surface area contributed by atoms with E-state index in [4.69, 9.17) is 13.9 Å². The van der Waals surface area contributed by atoms with E-state index in [-0.39, 0.29) is 17.9 Å². The lowest BCUT2D eigenvalue weighted by Crippen LogP contribution is -2.29. The van der Waals surface area contributed by atoms with Gasteiger partial charge in [0, 0.05) is 5.56 Å². The Morgan fingerprint density at radius 2 is 1.73 bits per heavy atom. The average Bonchev–Trinajstić information content (AvgIpc) is 3.35. The van der Waals surface area contributed by atoms with Crippen molar-refractivity contribution in [2.24, 2.45) is 0 Å². The third-order valence-electron chi connectivity index (χ3n) is 5.71. The fourth-order valence-electron chi connectivity index (χ4n) is 4.11. The van der Waals surface area contributed by atoms with Gasteiger partial charge in [-0.1, -0.05) is 29.8 Å². The molecule has 1 unspecified atom stereocenters. The number of amides is 1. The number of nitrogens with zero attached hydrogens (tertiary/aromatic N) is 1. The minimum absolute atomic E-state index is 0.0480. The van der Waals surface area contributed by atoms with E-state index >= 15 is 0 Å². The number of Topliss-reactive ketones (excluding diaryl/α,β-unsaturated/α-hetero) is 1. The van der Waals surface area contributed by atoms with Gasteiger partial charge in [0.15, 0.2) is 0 Å². The van der Waals surface area contributed by atoms with Crippen molar-refractivity contribution in [2.45, 2.75) is 26.4 Å². The molecule has 2 aromatic carbocycles. The Labute approximate surface area is 191 Å². The summed E-state index contributed by atoms with van der Waals surface area (Å²) in [5.74, 6) is 0.168. The fraction of sp³-hybridized carbons (Fsp3) is 0.231. The van der Waals surface area contributed by atoms with Crippen LogP contribution in [0.25, 0.3) is 5.76 Å². The largest absolute Gasteiger partial charge is 0.507 e. The molecule has 0 spiro atoms. The zero-order valence-electron chi connectivity index (χ0n) is 18.9. The lowest BCUT2D eigenvalue weighted by atomic mass is 9.97. The van der Waals surface area contributed by atoms with Crippen molar-refractivity contribution in [2.75, 3.05) is 14.2 Å². The van der Waals surface area contributed by atoms with E-state index in [1.54, 1.807) is 44.4 Å². The first kappa shape index (κ1) is 22.2. The average molecular weight is 447 g/mol. The lowest BCUT2D eigenvalue weighted by molar-refractivity contribution is -0.140. The maximum atomic E-state index is 13.2. The van der Waals surface area contributed by atoms with Gasteiger partial charge in [-0.05, 0) is 44.2 Å². The number of para-hydroxylation sites is 1. The molecule has 4 rings (SSSR count). The zero-order valence-corrected chi connectivity index (χ0v) is 18.9. The molecule has 1 aliphatic heterocycles. The first-order valence-electron chi connectivity index (χ1n) is 10.5. The number of benzene rings is 2. The van der Waals surface area contributed by atoms with Gasteiger partial charge in [-0.3, -0.25) is 9.59 Å². The molecule has 7 nitrogen and oxygen atoms in total. The molecule has 2 heterocycles. The summed E-state index contributed by atoms with van der Waals surface area (Å²) in [6, 6.07) is 15.1. The summed E-state index contributed by atoms with van der Waals surface area (Å²) in [7, 11) is 3.03. The molecule has 7 heteroatoms. The summed E-state index contributed by atoms with van der Waals surface area (Å²) in [6.45, 7) is 3.74. The van der Waals surface area contributed by atoms with Gasteiger partial charge < -0.3 is 23.9 Å². The summed E-state index contributed by atoms with van der Waals surface area (Å²) < 4.78 is 16.7. The number of carbonyl (C=O) groups excluding carboxylic acids is 2. The topological polar surface area (TPSA) is 89.2 Å². The van der Waals surface area contributed by atoms with Crippen LogP contribution in [0.1, 0.15) is 34.3 Å². The van der Waals surface area contributed by atoms with Gasteiger partial charge in [-0.15, -0.1) is 0 Å². The monoisotopic (exact) mass is 447 g/mol. The number of rotatable bonds is 6. The molecule has 170 valence electrons. The number of ketones is 1. The number of aliphatic hydroxyl groups is 1. The minimum atomic E-state index is -0.908. The number of methoxy groups -OCH3 is 2. The highest BCUT2D eigenvalue weighted by Gasteiger charge is 2.48. The second kappa shape index (κ2) is 8.86. The Kier molecular flexibility index (Phi) is 5.96. The number of ether oxygens (including phenoxy) is 2. The summed E-state index contributed by atoms with van der Waals surface area (Å²) >= 11 is 0. The Morgan fingerprint density at radius 3 is 2.39 bits per heavy atom. The first-order chi connectivity index (χ1) is 15.8. The van der Waals surface area contributed by atoms with Crippen molar-refractivity contribution in [3.63, 3.8) is 0 Å². The molecule has 1 saturated heterocycles. The summed E-state index contributed by atoms with van der Waals surface area (Å²) in [4.78, 5) is 27.8. The Bertz CT molecular complexity index is 1260. The van der Waals surface area contributed by atoms with Crippen LogP contribution in [0.4, 0.5) is 0 Å². The van der Waals surface area contributed by atoms with Gasteiger partial charge in [-0.25, -0.2) is 0 Å². The fourth-order valence-corrected chi connectivity index (χ4v) is 4.11. The van der Waals surface area contributed by atoms with E-state index in [1.165, 1.54) is 12.0 Å². The molecule has 1 aromatic heterocycles. The molecule has 1 amide bonds. The summed E-state index contributed by atoms with van der Waals surface area (Å²) in [5, 5.41) is 11.3. The predicted molar refractivity (Wildman–Crippen MR) is 122 cm³/mol. The predicted octanol–water partition coefficient (Wildman–Crippen LogP) is 4.54. The van der Waals surface area contributed by atoms with Crippen molar-refractivity contribution >= 4 is 17.4 Å². The molecule has 0 aliphatic carbocycles. The van der Waals surface area contributed by atoms with Crippen LogP contribution in [0.5, 0.6) is 11.5 Å². The van der Waals surface area contributed by atoms with Crippen molar-refractivity contribution in [1.82, 2.24) is 4.90 Å². The number of carbonyl (C=O) groups is 2. The molecule has 1 atom stereocenters. The van der Waals surface area contributed by atoms with Crippen LogP contribution in [0, 0.1) is 13.8 Å². The van der Waals surface area contributed by atoms with Crippen molar-refractivity contribution in [3.8, 4) is 11.5 Å². The second-order valence-corrected chi connectivity index (χ2v) is 7.89. The van der Waals surface area contributed by atoms with Crippen LogP contribution < -0.4 is 9.47 Å². The van der Waals surface area contributed by atoms with E-state index in [9.17, 15) is 14.7 Å². The third kappa shape index (κ3) is 3.98. The van der Waals surface area contributed by atoms with E-state index in [2.05, 4.69) is 0 Å². The number of aliphatic hydroxyl groups excluding tert-OH is 1. The molecule has 3 aromatic rings. The van der Waals surface area contributed by atoms with Crippen molar-refractivity contribution in [1.29, 1.82) is 0 Å². The maximum absolute atomic E-state index is 13.2. The number of hydrogen-bond acceptors (Lipinski definition) is 6. The normalized spacial score (nSPS) is 17.5. The van der Waals surface area contributed by atoms with Crippen LogP contribution in [-0.4, -0.2) is 35.9 Å². The van der Waals surface area contributed by atoms with Crippen LogP contribution in [0.3, 0.4) is 0 Å². The van der Waals surface area contributed by atoms with E-state index in [0.29, 0.717) is 28.6 Å². The van der Waals surface area contributed by atoms with Gasteiger partial charge in [-0.2, -0.15) is 0 Å². The highest BCUT2D eigenvalue weighted by atomic mass is 16.5. The van der Waals surface area contributed by atoms with E-state index in [0.717, 1.165) is 11.1 Å². The quantitative estimate of drug-likeness (QED) is 0.339. The molecule has 0 saturated carbocycles. The molecular weight excluding hydrogens is 422 g/mol. The van der Waals surface area contributed by atoms with Crippen LogP contribution in [0.2, 0.25) is 0 Å². The first-order valence-corrected chi connectivity index (χ1v) is 10.5. The second-order valence-electron chi connectivity index (χ2n) is 7.89. The van der Waals surface area contributed by atoms with E-state index in [1.807, 2.05) is 31.2 Å². The number of likely N-dealkylation sites (tertiary alicyclic amines) is 1. The van der Waals surface area contributed by atoms with Crippen molar-refractivity contribution in [3.05, 3.63) is 88.4 Å². The van der Waals surface area contributed by atoms with E-state index < -0.39 is 17.7 Å². The molecular formula is C26H25NO6. The standard InChI is InChI=1S/C26H25NO6/c1-15-9-11-20(32-4)18(13-15)24(28)22-23(21-12-10-16(2)33-21)27(26(30)25(22)29)14-17-7-5-6-8-19(17)31-3/h5-13,23,28H,14H2,1-4H3/b24-22+. The SMILES string of the molecule is COc1ccccc1CN1C(=O)C(=O)/C(=C(/O)c2cc(C)ccc2OC)C1c1ccc(C)o1. The maximum Gasteiger partial charge on any atom is 0.296 e. The van der Waals surface area contributed by atoms with Gasteiger partial charge in [0.25, 0.3) is 11.7 Å². The van der Waals surface area contributed by atoms with Crippen LogP contribution in [0.15, 0.2) is 64.6 Å². The highest BCUT2D eigenvalue weighted by Crippen LogP contribution is 2.42. The van der Waals surface area contributed by atoms with Gasteiger partial charge in [0.05, 0.1) is 31.9 Å². The number of aryl methyl sites for hydroxylation is 2. The molecule has 1 N–H and O–H groups in total. The Hall–Kier alpha value is -4.00. The Morgan fingerprint density at radius 1 is 1.00 bits per heavy atom. The molecule has 33 heavy (non-hydrogen) atoms. The number of furan rings is 1. The smallest absolute Gasteiger partial charge is 0.296 e. The third-order valence-corrected chi connectivity index (χ3v) is 5.71. The molecule has 1 aliphatic rings. The van der Waals surface area contributed by atoms with Gasteiger partial charge >= 0.3 is 0 Å². The molecule has 1 fully saturated rings. The zero-order chi connectivity index (χ0) is 23.7. The molecule has 0 radical (unpaired) electrons. The highest BCUT2D eigenvalue weighted by molar-refractivity contribution is 6.46. The molecule has 0 bridgehead atoms. The van der Waals surface area contributed by atoms with Gasteiger partial charge in [0.2, 0.25) is 0 Å². The van der Waals surface area contributed by atoms with Crippen LogP contribution >= 0.6 is 0 Å².